The molecule has 1 saturated heterocycles. The summed E-state index contributed by atoms with van der Waals surface area (Å²) in [6.45, 7) is 1.77. The van der Waals surface area contributed by atoms with E-state index in [0.29, 0.717) is 16.9 Å². The number of methoxy groups -OCH3 is 1. The number of nitrogens with zero attached hydrogens (tertiary/aromatic N) is 2. The van der Waals surface area contributed by atoms with E-state index in [1.165, 1.54) is 19.2 Å². The van der Waals surface area contributed by atoms with E-state index in [1.54, 1.807) is 24.4 Å². The van der Waals surface area contributed by atoms with Gasteiger partial charge in [0, 0.05) is 19.3 Å². The van der Waals surface area contributed by atoms with E-state index >= 15 is 0 Å². The molecule has 0 N–H and O–H groups in total. The first-order chi connectivity index (χ1) is 11.7. The quantitative estimate of drug-likeness (QED) is 0.788. The zero-order chi connectivity index (χ0) is 16.9. The second-order valence-electron chi connectivity index (χ2n) is 5.61. The Bertz CT molecular complexity index is 730. The van der Waals surface area contributed by atoms with Gasteiger partial charge in [0.2, 0.25) is 0 Å². The summed E-state index contributed by atoms with van der Waals surface area (Å²) >= 11 is 0. The van der Waals surface area contributed by atoms with Gasteiger partial charge in [-0.15, -0.1) is 0 Å². The van der Waals surface area contributed by atoms with Gasteiger partial charge in [-0.3, -0.25) is 0 Å². The number of hydrogen-bond donors (Lipinski definition) is 0. The monoisotopic (exact) mass is 330 g/mol. The van der Waals surface area contributed by atoms with Gasteiger partial charge < -0.3 is 14.4 Å². The number of hydrogen-bond acceptors (Lipinski definition) is 5. The van der Waals surface area contributed by atoms with Crippen LogP contribution in [0.2, 0.25) is 0 Å². The van der Waals surface area contributed by atoms with Crippen LogP contribution >= 0.6 is 0 Å². The van der Waals surface area contributed by atoms with Crippen molar-refractivity contribution in [2.75, 3.05) is 25.1 Å². The zero-order valence-corrected chi connectivity index (χ0v) is 13.5. The second kappa shape index (κ2) is 7.29. The van der Waals surface area contributed by atoms with Crippen LogP contribution in [0.4, 0.5) is 10.2 Å². The van der Waals surface area contributed by atoms with Crippen molar-refractivity contribution in [2.45, 2.75) is 19.4 Å². The highest BCUT2D eigenvalue weighted by molar-refractivity contribution is 5.94. The van der Waals surface area contributed by atoms with Crippen LogP contribution in [0.25, 0.3) is 0 Å². The van der Waals surface area contributed by atoms with Crippen LogP contribution in [-0.2, 0) is 11.3 Å². The topological polar surface area (TPSA) is 51.7 Å². The van der Waals surface area contributed by atoms with Crippen molar-refractivity contribution in [3.8, 4) is 5.75 Å². The lowest BCUT2D eigenvalue weighted by Crippen LogP contribution is -2.22. The van der Waals surface area contributed by atoms with Crippen molar-refractivity contribution in [3.63, 3.8) is 0 Å². The van der Waals surface area contributed by atoms with Gasteiger partial charge in [-0.1, -0.05) is 6.07 Å². The summed E-state index contributed by atoms with van der Waals surface area (Å²) in [5.41, 5.74) is 1.00. The molecule has 0 unspecified atom stereocenters. The van der Waals surface area contributed by atoms with E-state index in [9.17, 15) is 9.18 Å². The van der Waals surface area contributed by atoms with Gasteiger partial charge in [0.25, 0.3) is 0 Å². The Morgan fingerprint density at radius 1 is 1.29 bits per heavy atom. The summed E-state index contributed by atoms with van der Waals surface area (Å²) < 4.78 is 23.9. The molecule has 5 nitrogen and oxygen atoms in total. The van der Waals surface area contributed by atoms with Gasteiger partial charge in [0.1, 0.15) is 18.0 Å². The van der Waals surface area contributed by atoms with Crippen LogP contribution in [0.15, 0.2) is 36.5 Å². The first-order valence-electron chi connectivity index (χ1n) is 7.88. The average Bonchev–Trinajstić information content (AvgIpc) is 3.14. The average molecular weight is 330 g/mol. The fourth-order valence-electron chi connectivity index (χ4n) is 2.76. The summed E-state index contributed by atoms with van der Waals surface area (Å²) in [4.78, 5) is 18.8. The van der Waals surface area contributed by atoms with E-state index < -0.39 is 11.8 Å². The predicted octanol–water partition coefficient (Wildman–Crippen LogP) is 3.19. The van der Waals surface area contributed by atoms with Gasteiger partial charge in [0.15, 0.2) is 11.6 Å². The Labute approximate surface area is 140 Å². The third-order valence-corrected chi connectivity index (χ3v) is 4.00. The number of anilines is 1. The third-order valence-electron chi connectivity index (χ3n) is 4.00. The number of aromatic nitrogens is 1. The molecule has 1 aliphatic rings. The van der Waals surface area contributed by atoms with Crippen molar-refractivity contribution in [1.29, 1.82) is 0 Å². The molecular formula is C18H19FN2O3. The van der Waals surface area contributed by atoms with Crippen molar-refractivity contribution in [2.24, 2.45) is 0 Å². The number of ether oxygens (including phenoxy) is 2. The molecule has 126 valence electrons. The summed E-state index contributed by atoms with van der Waals surface area (Å²) in [5.74, 6) is -0.124. The molecule has 0 bridgehead atoms. The Morgan fingerprint density at radius 2 is 2.08 bits per heavy atom. The maximum Gasteiger partial charge on any atom is 0.342 e. The zero-order valence-electron chi connectivity index (χ0n) is 13.5. The van der Waals surface area contributed by atoms with Gasteiger partial charge >= 0.3 is 5.97 Å². The van der Waals surface area contributed by atoms with Crippen molar-refractivity contribution < 1.29 is 18.7 Å². The maximum absolute atomic E-state index is 13.7. The maximum atomic E-state index is 13.7. The minimum Gasteiger partial charge on any atom is -0.494 e. The van der Waals surface area contributed by atoms with Gasteiger partial charge in [-0.2, -0.15) is 0 Å². The number of esters is 1. The molecule has 1 aromatic heterocycles. The van der Waals surface area contributed by atoms with Gasteiger partial charge in [0.05, 0.1) is 7.11 Å². The molecule has 2 heterocycles. The smallest absolute Gasteiger partial charge is 0.342 e. The highest BCUT2D eigenvalue weighted by atomic mass is 19.1. The molecule has 6 heteroatoms. The normalized spacial score (nSPS) is 13.8. The Kier molecular flexibility index (Phi) is 4.93. The molecule has 0 amide bonds. The van der Waals surface area contributed by atoms with E-state index in [1.807, 2.05) is 0 Å². The van der Waals surface area contributed by atoms with Crippen LogP contribution in [0, 0.1) is 5.82 Å². The van der Waals surface area contributed by atoms with Crippen LogP contribution in [0.3, 0.4) is 0 Å². The molecular weight excluding hydrogens is 311 g/mol. The first kappa shape index (κ1) is 16.2. The molecule has 1 fully saturated rings. The lowest BCUT2D eigenvalue weighted by Gasteiger charge is -2.19. The molecule has 1 aromatic carbocycles. The molecule has 0 spiro atoms. The number of carbonyl (C=O) groups is 1. The number of benzene rings is 1. The Balaban J connectivity index is 1.70. The number of carbonyl (C=O) groups excluding carboxylic acids is 1. The molecule has 3 rings (SSSR count). The Morgan fingerprint density at radius 3 is 2.79 bits per heavy atom. The van der Waals surface area contributed by atoms with Crippen LogP contribution in [-0.4, -0.2) is 31.2 Å². The highest BCUT2D eigenvalue weighted by Crippen LogP contribution is 2.23. The SMILES string of the molecule is COc1ccc(COC(=O)c2cccnc2N2CCCC2)cc1F. The molecule has 24 heavy (non-hydrogen) atoms. The minimum atomic E-state index is -0.481. The molecule has 0 aliphatic carbocycles. The number of rotatable bonds is 5. The molecule has 1 aliphatic heterocycles. The van der Waals surface area contributed by atoms with E-state index in [2.05, 4.69) is 9.88 Å². The van der Waals surface area contributed by atoms with Crippen molar-refractivity contribution in [1.82, 2.24) is 4.98 Å². The van der Waals surface area contributed by atoms with Gasteiger partial charge in [-0.25, -0.2) is 14.2 Å². The van der Waals surface area contributed by atoms with Crippen LogP contribution in [0.1, 0.15) is 28.8 Å². The first-order valence-corrected chi connectivity index (χ1v) is 7.88. The highest BCUT2D eigenvalue weighted by Gasteiger charge is 2.21. The second-order valence-corrected chi connectivity index (χ2v) is 5.61. The Hall–Kier alpha value is -2.63. The number of pyridine rings is 1. The lowest BCUT2D eigenvalue weighted by atomic mass is 10.2. The molecule has 0 atom stereocenters. The molecule has 0 saturated carbocycles. The third kappa shape index (κ3) is 3.48. The van der Waals surface area contributed by atoms with E-state index in [0.717, 1.165) is 25.9 Å². The van der Waals surface area contributed by atoms with E-state index in [4.69, 9.17) is 9.47 Å². The summed E-state index contributed by atoms with van der Waals surface area (Å²) in [7, 11) is 1.40. The summed E-state index contributed by atoms with van der Waals surface area (Å²) in [6, 6.07) is 7.90. The number of halogens is 1. The molecule has 2 aromatic rings. The minimum absolute atomic E-state index is 0.00587. The van der Waals surface area contributed by atoms with Gasteiger partial charge in [-0.05, 0) is 42.7 Å². The van der Waals surface area contributed by atoms with Crippen molar-refractivity contribution >= 4 is 11.8 Å². The molecule has 0 radical (unpaired) electrons. The fraction of sp³-hybridized carbons (Fsp3) is 0.333. The summed E-state index contributed by atoms with van der Waals surface area (Å²) in [5, 5.41) is 0. The predicted molar refractivity (Wildman–Crippen MR) is 87.8 cm³/mol. The van der Waals surface area contributed by atoms with Crippen LogP contribution < -0.4 is 9.64 Å². The largest absolute Gasteiger partial charge is 0.494 e. The standard InChI is InChI=1S/C18H19FN2O3/c1-23-16-7-6-13(11-15(16)19)12-24-18(22)14-5-4-8-20-17(14)21-9-2-3-10-21/h4-8,11H,2-3,9-10,12H2,1H3. The fourth-order valence-corrected chi connectivity index (χ4v) is 2.76. The van der Waals surface area contributed by atoms with Crippen LogP contribution in [0.5, 0.6) is 5.75 Å². The van der Waals surface area contributed by atoms with E-state index in [-0.39, 0.29) is 12.4 Å². The summed E-state index contributed by atoms with van der Waals surface area (Å²) in [6.07, 6.45) is 3.86. The van der Waals surface area contributed by atoms with Crippen molar-refractivity contribution in [3.05, 3.63) is 53.5 Å². The lowest BCUT2D eigenvalue weighted by molar-refractivity contribution is 0.0472.